The largest absolute Gasteiger partial charge is 0.381 e. The molecule has 34 heavy (non-hydrogen) atoms. The maximum Gasteiger partial charge on any atom is 0.262 e. The molecule has 0 atom stereocenters. The number of aryl methyl sites for hydroxylation is 1. The number of carbonyl (C=O) groups is 2. The zero-order chi connectivity index (χ0) is 24.1. The Labute approximate surface area is 200 Å². The van der Waals surface area contributed by atoms with E-state index in [2.05, 4.69) is 10.0 Å². The molecule has 0 unspecified atom stereocenters. The lowest BCUT2D eigenvalue weighted by molar-refractivity contribution is 0.0978. The molecule has 2 N–H and O–H groups in total. The highest BCUT2D eigenvalue weighted by Gasteiger charge is 2.25. The molecular formula is C26H29N3O4S. The van der Waals surface area contributed by atoms with Crippen LogP contribution in [0.25, 0.3) is 0 Å². The number of sulfonamides is 1. The number of nitrogens with one attached hydrogen (secondary N) is 2. The lowest BCUT2D eigenvalue weighted by Gasteiger charge is -2.21. The second-order valence-corrected chi connectivity index (χ2v) is 10.4. The van der Waals surface area contributed by atoms with Crippen molar-refractivity contribution in [3.8, 4) is 0 Å². The van der Waals surface area contributed by atoms with Gasteiger partial charge in [-0.3, -0.25) is 19.3 Å². The second kappa shape index (κ2) is 10.3. The SMILES string of the molecule is Cc1ccc(S(=O)(=O)NC(CCNC2=CC(=O)c3ccccc3C2=O)=NC2CCCCC2)cc1. The number of fused-ring (bicyclic) bond motifs is 1. The Balaban J connectivity index is 1.48. The third-order valence-electron chi connectivity index (χ3n) is 6.13. The van der Waals surface area contributed by atoms with Crippen molar-refractivity contribution in [2.75, 3.05) is 6.54 Å². The number of nitrogens with zero attached hydrogens (tertiary/aromatic N) is 1. The third kappa shape index (κ3) is 5.62. The van der Waals surface area contributed by atoms with E-state index >= 15 is 0 Å². The highest BCUT2D eigenvalue weighted by Crippen LogP contribution is 2.22. The topological polar surface area (TPSA) is 105 Å². The van der Waals surface area contributed by atoms with Crippen LogP contribution in [0.2, 0.25) is 0 Å². The maximum absolute atomic E-state index is 13.0. The molecule has 7 nitrogen and oxygen atoms in total. The van der Waals surface area contributed by atoms with E-state index in [4.69, 9.17) is 4.99 Å². The standard InChI is InChI=1S/C26H29N3O4S/c1-18-11-13-20(14-12-18)34(32,33)29-25(28-19-7-3-2-4-8-19)15-16-27-23-17-24(30)21-9-5-6-10-22(21)26(23)31/h5-6,9-14,17,19,27H,2-4,7-8,15-16H2,1H3,(H,28,29). The van der Waals surface area contributed by atoms with E-state index in [0.29, 0.717) is 17.0 Å². The van der Waals surface area contributed by atoms with Crippen LogP contribution in [0.5, 0.6) is 0 Å². The number of Topliss-reactive ketones (excluding diaryl/α,β-unsaturated/α-hetero) is 1. The molecule has 2 aliphatic carbocycles. The summed E-state index contributed by atoms with van der Waals surface area (Å²) in [5, 5.41) is 3.02. The highest BCUT2D eigenvalue weighted by molar-refractivity contribution is 7.90. The molecule has 1 fully saturated rings. The van der Waals surface area contributed by atoms with Crippen molar-refractivity contribution in [1.82, 2.24) is 10.0 Å². The quantitative estimate of drug-likeness (QED) is 0.462. The van der Waals surface area contributed by atoms with E-state index in [-0.39, 0.29) is 41.2 Å². The molecule has 2 aromatic rings. The first kappa shape index (κ1) is 23.9. The fourth-order valence-electron chi connectivity index (χ4n) is 4.27. The molecule has 1 saturated carbocycles. The molecule has 4 rings (SSSR count). The zero-order valence-electron chi connectivity index (χ0n) is 19.2. The molecular weight excluding hydrogens is 450 g/mol. The van der Waals surface area contributed by atoms with Gasteiger partial charge in [-0.2, -0.15) is 0 Å². The van der Waals surface area contributed by atoms with E-state index < -0.39 is 10.0 Å². The Morgan fingerprint density at radius 3 is 2.35 bits per heavy atom. The Morgan fingerprint density at radius 1 is 0.971 bits per heavy atom. The number of amidine groups is 1. The summed E-state index contributed by atoms with van der Waals surface area (Å²) in [6.07, 6.45) is 6.75. The molecule has 0 saturated heterocycles. The number of hydrogen-bond acceptors (Lipinski definition) is 6. The molecule has 0 bridgehead atoms. The van der Waals surface area contributed by atoms with Gasteiger partial charge in [0.25, 0.3) is 10.0 Å². The summed E-state index contributed by atoms with van der Waals surface area (Å²) >= 11 is 0. The lowest BCUT2D eigenvalue weighted by Crippen LogP contribution is -2.35. The highest BCUT2D eigenvalue weighted by atomic mass is 32.2. The molecule has 0 aliphatic heterocycles. The minimum Gasteiger partial charge on any atom is -0.381 e. The van der Waals surface area contributed by atoms with E-state index in [1.165, 1.54) is 12.5 Å². The predicted molar refractivity (Wildman–Crippen MR) is 132 cm³/mol. The Bertz CT molecular complexity index is 1240. The van der Waals surface area contributed by atoms with E-state index in [1.54, 1.807) is 48.5 Å². The molecule has 178 valence electrons. The molecule has 0 radical (unpaired) electrons. The van der Waals surface area contributed by atoms with Crippen LogP contribution in [0, 0.1) is 6.92 Å². The van der Waals surface area contributed by atoms with Gasteiger partial charge in [-0.05, 0) is 31.9 Å². The smallest absolute Gasteiger partial charge is 0.262 e. The van der Waals surface area contributed by atoms with Gasteiger partial charge in [0.05, 0.1) is 16.6 Å². The van der Waals surface area contributed by atoms with Crippen molar-refractivity contribution in [2.24, 2.45) is 4.99 Å². The van der Waals surface area contributed by atoms with Crippen LogP contribution in [0.1, 0.15) is 64.8 Å². The number of aliphatic imine (C=N–C) groups is 1. The monoisotopic (exact) mass is 479 g/mol. The van der Waals surface area contributed by atoms with Gasteiger partial charge in [-0.15, -0.1) is 0 Å². The molecule has 2 aromatic carbocycles. The van der Waals surface area contributed by atoms with Crippen LogP contribution in [-0.2, 0) is 10.0 Å². The van der Waals surface area contributed by atoms with Crippen molar-refractivity contribution in [3.63, 3.8) is 0 Å². The van der Waals surface area contributed by atoms with E-state index in [9.17, 15) is 18.0 Å². The van der Waals surface area contributed by atoms with E-state index in [1.807, 2.05) is 6.92 Å². The van der Waals surface area contributed by atoms with Crippen LogP contribution in [0.3, 0.4) is 0 Å². The Hall–Kier alpha value is -3.26. The zero-order valence-corrected chi connectivity index (χ0v) is 20.0. The molecule has 0 heterocycles. The van der Waals surface area contributed by atoms with Gasteiger partial charge in [-0.1, -0.05) is 61.2 Å². The molecule has 0 aromatic heterocycles. The Kier molecular flexibility index (Phi) is 7.26. The van der Waals surface area contributed by atoms with E-state index in [0.717, 1.165) is 31.2 Å². The number of benzene rings is 2. The van der Waals surface area contributed by atoms with Crippen LogP contribution in [0.15, 0.2) is 70.2 Å². The van der Waals surface area contributed by atoms with Crippen LogP contribution < -0.4 is 10.0 Å². The molecule has 0 amide bonds. The van der Waals surface area contributed by atoms with Crippen molar-refractivity contribution in [2.45, 2.75) is 56.4 Å². The molecule has 2 aliphatic rings. The summed E-state index contributed by atoms with van der Waals surface area (Å²) in [4.78, 5) is 30.1. The first-order valence-corrected chi connectivity index (χ1v) is 13.1. The second-order valence-electron chi connectivity index (χ2n) is 8.76. The number of rotatable bonds is 7. The fraction of sp³-hybridized carbons (Fsp3) is 0.346. The number of ketones is 2. The molecule has 8 heteroatoms. The average Bonchev–Trinajstić information content (AvgIpc) is 2.83. The Morgan fingerprint density at radius 2 is 1.65 bits per heavy atom. The van der Waals surface area contributed by atoms with Gasteiger partial charge in [0.15, 0.2) is 5.78 Å². The minimum atomic E-state index is -3.79. The normalized spacial score (nSPS) is 17.2. The van der Waals surface area contributed by atoms with Gasteiger partial charge in [0.1, 0.15) is 5.84 Å². The van der Waals surface area contributed by atoms with Gasteiger partial charge in [0, 0.05) is 30.2 Å². The van der Waals surface area contributed by atoms with Crippen LogP contribution in [-0.4, -0.2) is 38.4 Å². The summed E-state index contributed by atoms with van der Waals surface area (Å²) in [7, 11) is -3.79. The first-order valence-electron chi connectivity index (χ1n) is 11.6. The van der Waals surface area contributed by atoms with Crippen molar-refractivity contribution in [3.05, 3.63) is 77.0 Å². The summed E-state index contributed by atoms with van der Waals surface area (Å²) in [5.74, 6) is -0.120. The first-order chi connectivity index (χ1) is 16.3. The van der Waals surface area contributed by atoms with Crippen LogP contribution >= 0.6 is 0 Å². The van der Waals surface area contributed by atoms with Crippen molar-refractivity contribution < 1.29 is 18.0 Å². The molecule has 0 spiro atoms. The lowest BCUT2D eigenvalue weighted by atomic mass is 9.93. The number of carbonyl (C=O) groups excluding carboxylic acids is 2. The summed E-state index contributed by atoms with van der Waals surface area (Å²) in [6, 6.07) is 13.5. The van der Waals surface area contributed by atoms with Crippen LogP contribution in [0.4, 0.5) is 0 Å². The summed E-state index contributed by atoms with van der Waals surface area (Å²) < 4.78 is 28.6. The fourth-order valence-corrected chi connectivity index (χ4v) is 5.34. The van der Waals surface area contributed by atoms with Gasteiger partial charge in [-0.25, -0.2) is 8.42 Å². The minimum absolute atomic E-state index is 0.0773. The third-order valence-corrected chi connectivity index (χ3v) is 7.53. The van der Waals surface area contributed by atoms with Crippen molar-refractivity contribution >= 4 is 27.4 Å². The van der Waals surface area contributed by atoms with Gasteiger partial charge in [0.2, 0.25) is 5.78 Å². The van der Waals surface area contributed by atoms with Gasteiger partial charge >= 0.3 is 0 Å². The predicted octanol–water partition coefficient (Wildman–Crippen LogP) is 3.95. The van der Waals surface area contributed by atoms with Crippen molar-refractivity contribution in [1.29, 1.82) is 0 Å². The number of allylic oxidation sites excluding steroid dienone is 2. The maximum atomic E-state index is 13.0. The summed E-state index contributed by atoms with van der Waals surface area (Å²) in [5.41, 5.74) is 1.94. The summed E-state index contributed by atoms with van der Waals surface area (Å²) in [6.45, 7) is 2.16. The number of hydrogen-bond donors (Lipinski definition) is 2. The average molecular weight is 480 g/mol. The van der Waals surface area contributed by atoms with Gasteiger partial charge < -0.3 is 5.32 Å².